The molecule has 1 aliphatic carbocycles. The van der Waals surface area contributed by atoms with E-state index in [1.807, 2.05) is 0 Å². The van der Waals surface area contributed by atoms with Gasteiger partial charge in [-0.1, -0.05) is 33.1 Å². The van der Waals surface area contributed by atoms with Gasteiger partial charge in [0.15, 0.2) is 0 Å². The number of nitrogens with one attached hydrogen (secondary N) is 1. The Morgan fingerprint density at radius 1 is 1.45 bits per heavy atom. The van der Waals surface area contributed by atoms with Crippen LogP contribution in [0.5, 0.6) is 0 Å². The van der Waals surface area contributed by atoms with Crippen LogP contribution < -0.4 is 11.1 Å². The minimum absolute atomic E-state index is 0.0411. The van der Waals surface area contributed by atoms with Crippen molar-refractivity contribution >= 4 is 11.9 Å². The first-order chi connectivity index (χ1) is 9.55. The number of carbonyl (C=O) groups is 2. The van der Waals surface area contributed by atoms with Crippen LogP contribution in [-0.2, 0) is 4.79 Å². The predicted octanol–water partition coefficient (Wildman–Crippen LogP) is 1.86. The minimum atomic E-state index is -0.712. The number of carbonyl (C=O) groups excluding carboxylic acids is 2. The van der Waals surface area contributed by atoms with Gasteiger partial charge in [-0.05, 0) is 31.7 Å². The molecule has 0 aromatic heterocycles. The van der Waals surface area contributed by atoms with E-state index >= 15 is 0 Å². The fourth-order valence-electron chi connectivity index (χ4n) is 3.72. The molecule has 20 heavy (non-hydrogen) atoms. The van der Waals surface area contributed by atoms with Crippen LogP contribution in [0, 0.1) is 11.8 Å². The highest BCUT2D eigenvalue weighted by Gasteiger charge is 2.55. The summed E-state index contributed by atoms with van der Waals surface area (Å²) < 4.78 is 0. The van der Waals surface area contributed by atoms with E-state index in [2.05, 4.69) is 19.2 Å². The summed E-state index contributed by atoms with van der Waals surface area (Å²) in [6, 6.07) is -0.224. The summed E-state index contributed by atoms with van der Waals surface area (Å²) >= 11 is 0. The molecule has 1 aliphatic heterocycles. The first-order valence-corrected chi connectivity index (χ1v) is 7.89. The second-order valence-electron chi connectivity index (χ2n) is 6.39. The molecule has 1 heterocycles. The molecule has 1 saturated heterocycles. The molecule has 3 amide bonds. The van der Waals surface area contributed by atoms with Crippen molar-refractivity contribution in [2.75, 3.05) is 13.1 Å². The lowest BCUT2D eigenvalue weighted by atomic mass is 9.72. The molecule has 0 bridgehead atoms. The number of rotatable bonds is 5. The molecule has 2 aliphatic rings. The summed E-state index contributed by atoms with van der Waals surface area (Å²) in [6.07, 6.45) is 5.85. The maximum Gasteiger partial charge on any atom is 0.325 e. The van der Waals surface area contributed by atoms with Gasteiger partial charge in [-0.2, -0.15) is 0 Å². The van der Waals surface area contributed by atoms with Crippen LogP contribution in [0.15, 0.2) is 0 Å². The van der Waals surface area contributed by atoms with Crippen molar-refractivity contribution in [3.05, 3.63) is 0 Å². The predicted molar refractivity (Wildman–Crippen MR) is 78.1 cm³/mol. The van der Waals surface area contributed by atoms with Crippen molar-refractivity contribution in [2.45, 2.75) is 57.9 Å². The summed E-state index contributed by atoms with van der Waals surface area (Å²) in [6.45, 7) is 5.20. The average molecular weight is 281 g/mol. The third kappa shape index (κ3) is 2.55. The first kappa shape index (κ1) is 15.3. The highest BCUT2D eigenvalue weighted by Crippen LogP contribution is 2.38. The molecule has 0 radical (unpaired) electrons. The van der Waals surface area contributed by atoms with E-state index in [0.717, 1.165) is 38.5 Å². The van der Waals surface area contributed by atoms with E-state index in [9.17, 15) is 9.59 Å². The van der Waals surface area contributed by atoms with Crippen LogP contribution in [0.3, 0.4) is 0 Å². The van der Waals surface area contributed by atoms with Crippen molar-refractivity contribution in [1.82, 2.24) is 10.2 Å². The molecule has 3 atom stereocenters. The Hall–Kier alpha value is -1.10. The van der Waals surface area contributed by atoms with Crippen molar-refractivity contribution < 1.29 is 9.59 Å². The second kappa shape index (κ2) is 6.12. The van der Waals surface area contributed by atoms with E-state index in [-0.39, 0.29) is 17.9 Å². The van der Waals surface area contributed by atoms with Gasteiger partial charge in [0.05, 0.1) is 0 Å². The summed E-state index contributed by atoms with van der Waals surface area (Å²) in [4.78, 5) is 26.4. The maximum absolute atomic E-state index is 12.8. The van der Waals surface area contributed by atoms with Gasteiger partial charge in [0.1, 0.15) is 5.54 Å². The number of nitrogens with two attached hydrogens (primary N) is 1. The van der Waals surface area contributed by atoms with Crippen LogP contribution in [-0.4, -0.2) is 35.5 Å². The quantitative estimate of drug-likeness (QED) is 0.755. The molecule has 1 spiro atoms. The van der Waals surface area contributed by atoms with Gasteiger partial charge in [0, 0.05) is 12.5 Å². The average Bonchev–Trinajstić information content (AvgIpc) is 2.65. The van der Waals surface area contributed by atoms with E-state index in [0.29, 0.717) is 19.0 Å². The smallest absolute Gasteiger partial charge is 0.325 e. The van der Waals surface area contributed by atoms with Crippen molar-refractivity contribution in [1.29, 1.82) is 0 Å². The highest BCUT2D eigenvalue weighted by molar-refractivity contribution is 6.07. The molecule has 114 valence electrons. The first-order valence-electron chi connectivity index (χ1n) is 7.89. The number of nitrogens with zero attached hydrogens (tertiary/aromatic N) is 1. The Morgan fingerprint density at radius 3 is 2.85 bits per heavy atom. The Kier molecular flexibility index (Phi) is 4.68. The Morgan fingerprint density at radius 2 is 2.20 bits per heavy atom. The van der Waals surface area contributed by atoms with Gasteiger partial charge in [0.2, 0.25) is 0 Å². The van der Waals surface area contributed by atoms with Crippen LogP contribution in [0.25, 0.3) is 0 Å². The third-order valence-corrected chi connectivity index (χ3v) is 4.83. The molecule has 2 fully saturated rings. The summed E-state index contributed by atoms with van der Waals surface area (Å²) in [5, 5.41) is 2.98. The van der Waals surface area contributed by atoms with Gasteiger partial charge in [-0.25, -0.2) is 4.79 Å². The number of hydrogen-bond donors (Lipinski definition) is 2. The minimum Gasteiger partial charge on any atom is -0.330 e. The molecular formula is C15H27N3O2. The zero-order valence-corrected chi connectivity index (χ0v) is 12.7. The molecule has 0 aromatic carbocycles. The Bertz CT molecular complexity index is 385. The van der Waals surface area contributed by atoms with Crippen molar-refractivity contribution in [3.63, 3.8) is 0 Å². The van der Waals surface area contributed by atoms with Gasteiger partial charge < -0.3 is 11.1 Å². The molecule has 1 saturated carbocycles. The monoisotopic (exact) mass is 281 g/mol. The fraction of sp³-hybridized carbons (Fsp3) is 0.867. The lowest BCUT2D eigenvalue weighted by Crippen LogP contribution is -2.57. The fourth-order valence-corrected chi connectivity index (χ4v) is 3.72. The zero-order chi connectivity index (χ0) is 14.8. The van der Waals surface area contributed by atoms with Gasteiger partial charge in [-0.15, -0.1) is 0 Å². The second-order valence-corrected chi connectivity index (χ2v) is 6.39. The van der Waals surface area contributed by atoms with Crippen LogP contribution >= 0.6 is 0 Å². The topological polar surface area (TPSA) is 75.4 Å². The molecule has 3 unspecified atom stereocenters. The van der Waals surface area contributed by atoms with E-state index in [1.165, 1.54) is 4.90 Å². The maximum atomic E-state index is 12.8. The summed E-state index contributed by atoms with van der Waals surface area (Å²) in [7, 11) is 0. The number of imide groups is 1. The lowest BCUT2D eigenvalue weighted by Gasteiger charge is -2.38. The number of hydrogen-bond acceptors (Lipinski definition) is 3. The Balaban J connectivity index is 2.14. The molecule has 5 nitrogen and oxygen atoms in total. The van der Waals surface area contributed by atoms with Crippen LogP contribution in [0.4, 0.5) is 4.79 Å². The Labute approximate surface area is 121 Å². The molecule has 0 aromatic rings. The molecule has 2 rings (SSSR count). The summed E-state index contributed by atoms with van der Waals surface area (Å²) in [5.74, 6) is 0.393. The van der Waals surface area contributed by atoms with Gasteiger partial charge in [0.25, 0.3) is 5.91 Å². The zero-order valence-electron chi connectivity index (χ0n) is 12.7. The highest BCUT2D eigenvalue weighted by atomic mass is 16.2. The third-order valence-electron chi connectivity index (χ3n) is 4.83. The normalized spacial score (nSPS) is 31.8. The number of urea groups is 1. The van der Waals surface area contributed by atoms with Crippen molar-refractivity contribution in [2.24, 2.45) is 17.6 Å². The van der Waals surface area contributed by atoms with Crippen LogP contribution in [0.1, 0.15) is 52.4 Å². The van der Waals surface area contributed by atoms with Gasteiger partial charge in [-0.3, -0.25) is 9.69 Å². The summed E-state index contributed by atoms with van der Waals surface area (Å²) in [5.41, 5.74) is 5.13. The van der Waals surface area contributed by atoms with Crippen molar-refractivity contribution in [3.8, 4) is 0 Å². The van der Waals surface area contributed by atoms with Crippen LogP contribution in [0.2, 0.25) is 0 Å². The van der Waals surface area contributed by atoms with E-state index in [1.54, 1.807) is 0 Å². The SMILES string of the molecule is CCCC(C)CN1C(=O)NC2(CCCCC2CN)C1=O. The van der Waals surface area contributed by atoms with E-state index < -0.39 is 5.54 Å². The largest absolute Gasteiger partial charge is 0.330 e. The van der Waals surface area contributed by atoms with Gasteiger partial charge >= 0.3 is 6.03 Å². The number of amides is 3. The molecule has 3 N–H and O–H groups in total. The standard InChI is InChI=1S/C15H27N3O2/c1-3-6-11(2)10-18-13(19)15(17-14(18)20)8-5-4-7-12(15)9-16/h11-12H,3-10,16H2,1-2H3,(H,17,20). The van der Waals surface area contributed by atoms with E-state index in [4.69, 9.17) is 5.73 Å². The lowest BCUT2D eigenvalue weighted by molar-refractivity contribution is -0.134. The molecule has 5 heteroatoms. The molecular weight excluding hydrogens is 254 g/mol.